The maximum absolute atomic E-state index is 12.7. The molecule has 10 heteroatoms. The van der Waals surface area contributed by atoms with Crippen LogP contribution in [-0.2, 0) is 32.7 Å². The first-order valence-electron chi connectivity index (χ1n) is 23.0. The molecule has 2 atom stereocenters. The van der Waals surface area contributed by atoms with Gasteiger partial charge in [0, 0.05) is 12.8 Å². The second kappa shape index (κ2) is 39.0. The van der Waals surface area contributed by atoms with E-state index in [0.29, 0.717) is 17.4 Å². The minimum Gasteiger partial charge on any atom is -0.756 e. The summed E-state index contributed by atoms with van der Waals surface area (Å²) in [6.45, 7) is 4.18. The summed E-state index contributed by atoms with van der Waals surface area (Å²) >= 11 is 0. The number of nitrogens with zero attached hydrogens (tertiary/aromatic N) is 1. The topological polar surface area (TPSA) is 111 Å². The van der Waals surface area contributed by atoms with Crippen molar-refractivity contribution in [2.75, 3.05) is 47.5 Å². The van der Waals surface area contributed by atoms with Crippen molar-refractivity contribution in [1.29, 1.82) is 0 Å². The van der Waals surface area contributed by atoms with Gasteiger partial charge >= 0.3 is 11.9 Å². The van der Waals surface area contributed by atoms with Crippen LogP contribution in [-0.4, -0.2) is 70.0 Å². The number of carbonyl (C=O) groups is 2. The van der Waals surface area contributed by atoms with Crippen LogP contribution in [0.5, 0.6) is 0 Å². The number of quaternary nitrogens is 1. The first-order chi connectivity index (χ1) is 27.0. The molecule has 0 aromatic rings. The fourth-order valence-corrected chi connectivity index (χ4v) is 7.06. The molecule has 0 aromatic heterocycles. The van der Waals surface area contributed by atoms with Gasteiger partial charge in [-0.05, 0) is 44.9 Å². The Morgan fingerprint density at radius 1 is 0.554 bits per heavy atom. The molecule has 0 aliphatic heterocycles. The largest absolute Gasteiger partial charge is 0.756 e. The number of allylic oxidation sites excluding steroid dienone is 4. The summed E-state index contributed by atoms with van der Waals surface area (Å²) in [6.07, 6.45) is 42.3. The molecule has 2 unspecified atom stereocenters. The number of rotatable bonds is 42. The number of carbonyl (C=O) groups excluding carboxylic acids is 2. The van der Waals surface area contributed by atoms with Crippen molar-refractivity contribution >= 4 is 19.8 Å². The first-order valence-corrected chi connectivity index (χ1v) is 24.5. The van der Waals surface area contributed by atoms with Crippen LogP contribution in [0.25, 0.3) is 0 Å². The maximum atomic E-state index is 12.7. The molecular weight excluding hydrogens is 725 g/mol. The lowest BCUT2D eigenvalue weighted by Gasteiger charge is -2.28. The van der Waals surface area contributed by atoms with E-state index in [4.69, 9.17) is 18.5 Å². The molecule has 0 amide bonds. The van der Waals surface area contributed by atoms with E-state index in [1.807, 2.05) is 21.1 Å². The van der Waals surface area contributed by atoms with Gasteiger partial charge in [0.25, 0.3) is 7.82 Å². The van der Waals surface area contributed by atoms with Crippen LogP contribution in [0.1, 0.15) is 206 Å². The Morgan fingerprint density at radius 3 is 1.41 bits per heavy atom. The summed E-state index contributed by atoms with van der Waals surface area (Å²) in [4.78, 5) is 37.3. The fourth-order valence-electron chi connectivity index (χ4n) is 6.33. The Balaban J connectivity index is 4.09. The highest BCUT2D eigenvalue weighted by Crippen LogP contribution is 2.38. The van der Waals surface area contributed by atoms with Crippen molar-refractivity contribution in [3.8, 4) is 0 Å². The van der Waals surface area contributed by atoms with E-state index >= 15 is 0 Å². The summed E-state index contributed by atoms with van der Waals surface area (Å²) in [5, 5.41) is 0. The number of esters is 2. The van der Waals surface area contributed by atoms with Crippen LogP contribution >= 0.6 is 7.82 Å². The smallest absolute Gasteiger partial charge is 0.306 e. The molecule has 0 spiro atoms. The van der Waals surface area contributed by atoms with Gasteiger partial charge in [0.2, 0.25) is 0 Å². The molecule has 0 radical (unpaired) electrons. The normalized spacial score (nSPS) is 13.8. The summed E-state index contributed by atoms with van der Waals surface area (Å²) in [5.41, 5.74) is 0. The van der Waals surface area contributed by atoms with E-state index in [1.54, 1.807) is 0 Å². The standard InChI is InChI=1S/C46H88NO8P/c1-6-8-10-12-14-15-16-17-18-19-20-21-22-23-24-25-26-27-28-29-30-31-33-35-37-39-46(49)55-44(43-54-56(50,51)53-41-40-47(3,4)5)42-52-45(48)38-36-34-32-13-11-9-7-2/h16-17,19-20,44H,6-15,18,21-43H2,1-5H3/b17-16-,20-19-. The molecule has 0 heterocycles. The average molecular weight is 814 g/mol. The van der Waals surface area contributed by atoms with Crippen molar-refractivity contribution in [3.05, 3.63) is 24.3 Å². The molecule has 56 heavy (non-hydrogen) atoms. The highest BCUT2D eigenvalue weighted by atomic mass is 31.2. The molecule has 9 nitrogen and oxygen atoms in total. The van der Waals surface area contributed by atoms with Gasteiger partial charge in [0.05, 0.1) is 27.7 Å². The SMILES string of the molecule is CCCCCCC/C=C\C/C=C\CCCCCCCCCCCCCCCC(=O)OC(COC(=O)CCCCCCCCC)COP(=O)([O-])OCC[N+](C)(C)C. The molecule has 0 aliphatic rings. The quantitative estimate of drug-likeness (QED) is 0.0197. The van der Waals surface area contributed by atoms with Crippen molar-refractivity contribution in [2.24, 2.45) is 0 Å². The zero-order valence-electron chi connectivity index (χ0n) is 37.1. The van der Waals surface area contributed by atoms with Gasteiger partial charge in [-0.3, -0.25) is 14.2 Å². The molecule has 0 saturated heterocycles. The van der Waals surface area contributed by atoms with Gasteiger partial charge in [0.15, 0.2) is 6.10 Å². The monoisotopic (exact) mass is 814 g/mol. The minimum absolute atomic E-state index is 0.0290. The summed E-state index contributed by atoms with van der Waals surface area (Å²) in [5.74, 6) is -0.836. The Labute approximate surface area is 345 Å². The molecule has 0 fully saturated rings. The molecule has 330 valence electrons. The highest BCUT2D eigenvalue weighted by Gasteiger charge is 2.21. The highest BCUT2D eigenvalue weighted by molar-refractivity contribution is 7.45. The average Bonchev–Trinajstić information content (AvgIpc) is 3.15. The molecule has 0 aromatic carbocycles. The Morgan fingerprint density at radius 2 is 0.964 bits per heavy atom. The number of unbranched alkanes of at least 4 members (excludes halogenated alkanes) is 24. The lowest BCUT2D eigenvalue weighted by atomic mass is 10.0. The van der Waals surface area contributed by atoms with Crippen LogP contribution in [0.2, 0.25) is 0 Å². The summed E-state index contributed by atoms with van der Waals surface area (Å²) < 4.78 is 33.8. The third-order valence-electron chi connectivity index (χ3n) is 9.97. The van der Waals surface area contributed by atoms with Crippen LogP contribution in [0.3, 0.4) is 0 Å². The van der Waals surface area contributed by atoms with E-state index in [-0.39, 0.29) is 32.0 Å². The third kappa shape index (κ3) is 42.1. The lowest BCUT2D eigenvalue weighted by Crippen LogP contribution is -2.37. The predicted molar refractivity (Wildman–Crippen MR) is 231 cm³/mol. The van der Waals surface area contributed by atoms with E-state index in [2.05, 4.69) is 38.2 Å². The summed E-state index contributed by atoms with van der Waals surface area (Å²) in [7, 11) is 1.17. The van der Waals surface area contributed by atoms with Crippen LogP contribution in [0.15, 0.2) is 24.3 Å². The Bertz CT molecular complexity index is 1010. The van der Waals surface area contributed by atoms with Crippen molar-refractivity contribution in [2.45, 2.75) is 213 Å². The van der Waals surface area contributed by atoms with Crippen molar-refractivity contribution in [3.63, 3.8) is 0 Å². The Hall–Kier alpha value is -1.51. The molecule has 0 aliphatic carbocycles. The van der Waals surface area contributed by atoms with Crippen molar-refractivity contribution < 1.29 is 42.1 Å². The van der Waals surface area contributed by atoms with Gasteiger partial charge in [-0.2, -0.15) is 0 Å². The van der Waals surface area contributed by atoms with Gasteiger partial charge in [-0.25, -0.2) is 0 Å². The van der Waals surface area contributed by atoms with Crippen molar-refractivity contribution in [1.82, 2.24) is 0 Å². The Kier molecular flexibility index (Phi) is 37.9. The van der Waals surface area contributed by atoms with Gasteiger partial charge in [-0.15, -0.1) is 0 Å². The number of ether oxygens (including phenoxy) is 2. The second-order valence-corrected chi connectivity index (χ2v) is 18.2. The van der Waals surface area contributed by atoms with Gasteiger partial charge in [-0.1, -0.05) is 173 Å². The third-order valence-corrected chi connectivity index (χ3v) is 10.9. The van der Waals surface area contributed by atoms with Crippen LogP contribution in [0.4, 0.5) is 0 Å². The number of phosphoric ester groups is 1. The van der Waals surface area contributed by atoms with Gasteiger partial charge < -0.3 is 27.9 Å². The molecular formula is C46H88NO8P. The number of phosphoric acid groups is 1. The molecule has 0 saturated carbocycles. The van der Waals surface area contributed by atoms with E-state index in [1.165, 1.54) is 128 Å². The van der Waals surface area contributed by atoms with Gasteiger partial charge in [0.1, 0.15) is 19.8 Å². The number of hydrogen-bond acceptors (Lipinski definition) is 8. The zero-order chi connectivity index (χ0) is 41.4. The van der Waals surface area contributed by atoms with Crippen LogP contribution in [0, 0.1) is 0 Å². The number of hydrogen-bond donors (Lipinski definition) is 0. The molecule has 0 N–H and O–H groups in total. The van der Waals surface area contributed by atoms with E-state index in [9.17, 15) is 19.0 Å². The molecule has 0 bridgehead atoms. The number of likely N-dealkylation sites (N-methyl/N-ethyl adjacent to an activating group) is 1. The zero-order valence-corrected chi connectivity index (χ0v) is 38.0. The minimum atomic E-state index is -4.61. The first kappa shape index (κ1) is 54.5. The van der Waals surface area contributed by atoms with E-state index in [0.717, 1.165) is 44.9 Å². The fraction of sp³-hybridized carbons (Fsp3) is 0.870. The maximum Gasteiger partial charge on any atom is 0.306 e. The second-order valence-electron chi connectivity index (χ2n) is 16.8. The van der Waals surface area contributed by atoms with Crippen LogP contribution < -0.4 is 4.89 Å². The predicted octanol–water partition coefficient (Wildman–Crippen LogP) is 12.5. The van der Waals surface area contributed by atoms with E-state index < -0.39 is 26.5 Å². The lowest BCUT2D eigenvalue weighted by molar-refractivity contribution is -0.870. The summed E-state index contributed by atoms with van der Waals surface area (Å²) in [6, 6.07) is 0. The molecule has 0 rings (SSSR count).